The Morgan fingerprint density at radius 1 is 1.50 bits per heavy atom. The second-order valence-electron chi connectivity index (χ2n) is 4.90. The largest absolute Gasteiger partial charge is 0.385 e. The Hall–Kier alpha value is -0.0800. The van der Waals surface area contributed by atoms with E-state index in [0.29, 0.717) is 5.41 Å². The maximum atomic E-state index is 5.11. The van der Waals surface area contributed by atoms with Gasteiger partial charge in [-0.15, -0.1) is 0 Å². The first kappa shape index (κ1) is 12.0. The van der Waals surface area contributed by atoms with Crippen LogP contribution in [0.5, 0.6) is 0 Å². The van der Waals surface area contributed by atoms with Crippen molar-refractivity contribution in [3.63, 3.8) is 0 Å². The van der Waals surface area contributed by atoms with Crippen LogP contribution in [0.1, 0.15) is 46.0 Å². The fraction of sp³-hybridized carbons (Fsp3) is 1.00. The lowest BCUT2D eigenvalue weighted by atomic mass is 9.84. The van der Waals surface area contributed by atoms with Gasteiger partial charge in [-0.1, -0.05) is 13.8 Å². The summed E-state index contributed by atoms with van der Waals surface area (Å²) in [4.78, 5) is 0. The molecule has 0 spiro atoms. The van der Waals surface area contributed by atoms with Crippen molar-refractivity contribution in [3.05, 3.63) is 0 Å². The van der Waals surface area contributed by atoms with Gasteiger partial charge in [-0.05, 0) is 44.1 Å². The highest BCUT2D eigenvalue weighted by Gasteiger charge is 2.33. The van der Waals surface area contributed by atoms with Gasteiger partial charge in [0.25, 0.3) is 0 Å². The van der Waals surface area contributed by atoms with E-state index in [-0.39, 0.29) is 0 Å². The van der Waals surface area contributed by atoms with Crippen molar-refractivity contribution >= 4 is 0 Å². The number of ether oxygens (including phenoxy) is 1. The Labute approximate surface area is 88.4 Å². The molecule has 0 bridgehead atoms. The Morgan fingerprint density at radius 3 is 2.93 bits per heavy atom. The molecule has 1 aliphatic carbocycles. The second-order valence-corrected chi connectivity index (χ2v) is 4.90. The van der Waals surface area contributed by atoms with Crippen LogP contribution in [0.4, 0.5) is 0 Å². The standard InChI is InChI=1S/C12H25NO/c1-4-13-11-6-8-12(2,10-11)7-5-9-14-3/h11,13H,4-10H2,1-3H3. The predicted molar refractivity (Wildman–Crippen MR) is 60.5 cm³/mol. The van der Waals surface area contributed by atoms with E-state index >= 15 is 0 Å². The molecule has 0 heterocycles. The molecular weight excluding hydrogens is 174 g/mol. The minimum absolute atomic E-state index is 0.575. The molecule has 0 saturated heterocycles. The zero-order valence-corrected chi connectivity index (χ0v) is 9.94. The molecule has 2 heteroatoms. The third-order valence-electron chi connectivity index (χ3n) is 3.46. The van der Waals surface area contributed by atoms with Crippen LogP contribution in [-0.4, -0.2) is 26.3 Å². The van der Waals surface area contributed by atoms with E-state index in [4.69, 9.17) is 4.74 Å². The average Bonchev–Trinajstić information content (AvgIpc) is 2.49. The van der Waals surface area contributed by atoms with Gasteiger partial charge in [0.2, 0.25) is 0 Å². The molecule has 2 unspecified atom stereocenters. The van der Waals surface area contributed by atoms with Crippen LogP contribution in [-0.2, 0) is 4.74 Å². The first-order valence-corrected chi connectivity index (χ1v) is 5.92. The Kier molecular flexibility index (Phi) is 4.90. The van der Waals surface area contributed by atoms with E-state index in [1.165, 1.54) is 32.1 Å². The summed E-state index contributed by atoms with van der Waals surface area (Å²) < 4.78 is 5.11. The van der Waals surface area contributed by atoms with E-state index < -0.39 is 0 Å². The molecule has 1 fully saturated rings. The van der Waals surface area contributed by atoms with Gasteiger partial charge in [0.05, 0.1) is 0 Å². The van der Waals surface area contributed by atoms with Crippen LogP contribution in [0, 0.1) is 5.41 Å². The van der Waals surface area contributed by atoms with E-state index in [0.717, 1.165) is 19.2 Å². The van der Waals surface area contributed by atoms with Gasteiger partial charge in [0, 0.05) is 19.8 Å². The molecule has 0 aromatic rings. The number of nitrogens with one attached hydrogen (secondary N) is 1. The number of hydrogen-bond acceptors (Lipinski definition) is 2. The zero-order valence-electron chi connectivity index (χ0n) is 9.94. The average molecular weight is 199 g/mol. The molecule has 0 aromatic carbocycles. The van der Waals surface area contributed by atoms with Crippen molar-refractivity contribution in [2.24, 2.45) is 5.41 Å². The van der Waals surface area contributed by atoms with Crippen molar-refractivity contribution in [1.29, 1.82) is 0 Å². The van der Waals surface area contributed by atoms with Crippen LogP contribution < -0.4 is 5.32 Å². The minimum atomic E-state index is 0.575. The summed E-state index contributed by atoms with van der Waals surface area (Å²) >= 11 is 0. The van der Waals surface area contributed by atoms with Crippen LogP contribution >= 0.6 is 0 Å². The summed E-state index contributed by atoms with van der Waals surface area (Å²) in [5.41, 5.74) is 0.575. The van der Waals surface area contributed by atoms with Crippen LogP contribution in [0.3, 0.4) is 0 Å². The van der Waals surface area contributed by atoms with E-state index in [2.05, 4.69) is 19.2 Å². The second kappa shape index (κ2) is 5.72. The molecule has 1 N–H and O–H groups in total. The Morgan fingerprint density at radius 2 is 2.29 bits per heavy atom. The molecule has 0 radical (unpaired) electrons. The van der Waals surface area contributed by atoms with E-state index in [1.54, 1.807) is 7.11 Å². The van der Waals surface area contributed by atoms with Gasteiger partial charge >= 0.3 is 0 Å². The highest BCUT2D eigenvalue weighted by molar-refractivity contribution is 4.88. The maximum absolute atomic E-state index is 5.11. The summed E-state index contributed by atoms with van der Waals surface area (Å²) in [5.74, 6) is 0. The van der Waals surface area contributed by atoms with Crippen LogP contribution in [0.25, 0.3) is 0 Å². The van der Waals surface area contributed by atoms with Crippen molar-refractivity contribution in [1.82, 2.24) is 5.32 Å². The van der Waals surface area contributed by atoms with Gasteiger partial charge in [-0.3, -0.25) is 0 Å². The maximum Gasteiger partial charge on any atom is 0.0462 e. The lowest BCUT2D eigenvalue weighted by Gasteiger charge is -2.24. The molecule has 1 rings (SSSR count). The van der Waals surface area contributed by atoms with Crippen molar-refractivity contribution in [2.45, 2.75) is 52.0 Å². The number of methoxy groups -OCH3 is 1. The topological polar surface area (TPSA) is 21.3 Å². The number of rotatable bonds is 6. The molecule has 84 valence electrons. The molecule has 1 saturated carbocycles. The fourth-order valence-corrected chi connectivity index (χ4v) is 2.65. The molecule has 0 aromatic heterocycles. The predicted octanol–water partition coefficient (Wildman–Crippen LogP) is 2.58. The molecule has 2 atom stereocenters. The van der Waals surface area contributed by atoms with Crippen LogP contribution in [0.2, 0.25) is 0 Å². The normalized spacial score (nSPS) is 32.4. The SMILES string of the molecule is CCNC1CCC(C)(CCCOC)C1. The summed E-state index contributed by atoms with van der Waals surface area (Å²) in [6.45, 7) is 6.65. The Bertz CT molecular complexity index is 160. The quantitative estimate of drug-likeness (QED) is 0.664. The number of hydrogen-bond donors (Lipinski definition) is 1. The molecule has 1 aliphatic rings. The molecular formula is C12H25NO. The molecule has 0 aliphatic heterocycles. The summed E-state index contributed by atoms with van der Waals surface area (Å²) in [7, 11) is 1.79. The lowest BCUT2D eigenvalue weighted by Crippen LogP contribution is -2.27. The molecule has 0 amide bonds. The van der Waals surface area contributed by atoms with E-state index in [9.17, 15) is 0 Å². The fourth-order valence-electron chi connectivity index (χ4n) is 2.65. The van der Waals surface area contributed by atoms with Crippen molar-refractivity contribution in [2.75, 3.05) is 20.3 Å². The molecule has 14 heavy (non-hydrogen) atoms. The third kappa shape index (κ3) is 3.58. The van der Waals surface area contributed by atoms with Gasteiger partial charge in [0.15, 0.2) is 0 Å². The van der Waals surface area contributed by atoms with Crippen molar-refractivity contribution in [3.8, 4) is 0 Å². The Balaban J connectivity index is 2.22. The first-order chi connectivity index (χ1) is 6.70. The van der Waals surface area contributed by atoms with Gasteiger partial charge in [-0.25, -0.2) is 0 Å². The summed E-state index contributed by atoms with van der Waals surface area (Å²) in [6, 6.07) is 0.771. The highest BCUT2D eigenvalue weighted by Crippen LogP contribution is 2.41. The van der Waals surface area contributed by atoms with Crippen molar-refractivity contribution < 1.29 is 4.74 Å². The smallest absolute Gasteiger partial charge is 0.0462 e. The monoisotopic (exact) mass is 199 g/mol. The van der Waals surface area contributed by atoms with Gasteiger partial charge in [-0.2, -0.15) is 0 Å². The zero-order chi connectivity index (χ0) is 10.4. The lowest BCUT2D eigenvalue weighted by molar-refractivity contribution is 0.171. The van der Waals surface area contributed by atoms with E-state index in [1.807, 2.05) is 0 Å². The summed E-state index contributed by atoms with van der Waals surface area (Å²) in [5, 5.41) is 3.56. The summed E-state index contributed by atoms with van der Waals surface area (Å²) in [6.07, 6.45) is 6.63. The van der Waals surface area contributed by atoms with Gasteiger partial charge in [0.1, 0.15) is 0 Å². The highest BCUT2D eigenvalue weighted by atomic mass is 16.5. The third-order valence-corrected chi connectivity index (χ3v) is 3.46. The van der Waals surface area contributed by atoms with Gasteiger partial charge < -0.3 is 10.1 Å². The first-order valence-electron chi connectivity index (χ1n) is 5.92. The van der Waals surface area contributed by atoms with Crippen LogP contribution in [0.15, 0.2) is 0 Å². The molecule has 2 nitrogen and oxygen atoms in total. The minimum Gasteiger partial charge on any atom is -0.385 e.